The lowest BCUT2D eigenvalue weighted by molar-refractivity contribution is -0.131. The summed E-state index contributed by atoms with van der Waals surface area (Å²) in [6, 6.07) is -0.0506. The molecule has 14 heavy (non-hydrogen) atoms. The highest BCUT2D eigenvalue weighted by Crippen LogP contribution is 2.26. The molecule has 80 valence electrons. The molecule has 0 N–H and O–H groups in total. The van der Waals surface area contributed by atoms with Gasteiger partial charge in [0.1, 0.15) is 0 Å². The Labute approximate surface area is 88.4 Å². The third kappa shape index (κ3) is 2.47. The van der Waals surface area contributed by atoms with Crippen molar-refractivity contribution in [3.8, 4) is 0 Å². The fraction of sp³-hybridized carbons (Fsp3) is 0.889. The van der Waals surface area contributed by atoms with Crippen LogP contribution in [0.25, 0.3) is 0 Å². The molecule has 0 aliphatic carbocycles. The van der Waals surface area contributed by atoms with Crippen molar-refractivity contribution in [1.82, 2.24) is 4.90 Å². The summed E-state index contributed by atoms with van der Waals surface area (Å²) in [5.74, 6) is 0.528. The minimum atomic E-state index is -0.287. The summed E-state index contributed by atoms with van der Waals surface area (Å²) in [6.07, 6.45) is 2.05. The molecule has 2 atom stereocenters. The van der Waals surface area contributed by atoms with Gasteiger partial charge in [-0.3, -0.25) is 4.79 Å². The molecular formula is C9H16N2O2S. The predicted octanol–water partition coefficient (Wildman–Crippen LogP) is 1.84. The van der Waals surface area contributed by atoms with Crippen LogP contribution in [0.1, 0.15) is 26.7 Å². The Morgan fingerprint density at radius 1 is 1.64 bits per heavy atom. The second kappa shape index (κ2) is 5.34. The molecule has 0 saturated carbocycles. The van der Waals surface area contributed by atoms with Crippen LogP contribution in [0.5, 0.6) is 0 Å². The molecule has 5 heteroatoms. The lowest BCUT2D eigenvalue weighted by Gasteiger charge is -2.35. The van der Waals surface area contributed by atoms with Gasteiger partial charge in [0.25, 0.3) is 0 Å². The molecule has 0 bridgehead atoms. The number of amides is 1. The van der Waals surface area contributed by atoms with Crippen molar-refractivity contribution in [3.05, 3.63) is 4.91 Å². The molecule has 1 saturated heterocycles. The van der Waals surface area contributed by atoms with Gasteiger partial charge in [0.15, 0.2) is 5.37 Å². The quantitative estimate of drug-likeness (QED) is 0.674. The molecular weight excluding hydrogens is 200 g/mol. The molecule has 0 aromatic carbocycles. The van der Waals surface area contributed by atoms with Crippen LogP contribution in [0, 0.1) is 4.91 Å². The van der Waals surface area contributed by atoms with E-state index in [-0.39, 0.29) is 17.3 Å². The highest BCUT2D eigenvalue weighted by molar-refractivity contribution is 8.00. The highest BCUT2D eigenvalue weighted by Gasteiger charge is 2.33. The van der Waals surface area contributed by atoms with Crippen molar-refractivity contribution in [2.45, 2.75) is 38.1 Å². The van der Waals surface area contributed by atoms with E-state index in [1.807, 2.05) is 6.92 Å². The van der Waals surface area contributed by atoms with E-state index in [0.29, 0.717) is 5.75 Å². The minimum absolute atomic E-state index is 0.0506. The molecule has 1 aliphatic heterocycles. The zero-order valence-corrected chi connectivity index (χ0v) is 9.42. The number of carbonyl (C=O) groups excluding carboxylic acids is 1. The Bertz CT molecular complexity index is 223. The van der Waals surface area contributed by atoms with E-state index in [1.165, 1.54) is 11.8 Å². The second-order valence-corrected chi connectivity index (χ2v) is 4.59. The van der Waals surface area contributed by atoms with E-state index >= 15 is 0 Å². The summed E-state index contributed by atoms with van der Waals surface area (Å²) >= 11 is 1.35. The number of carbonyl (C=O) groups is 1. The minimum Gasteiger partial charge on any atom is -0.336 e. The Kier molecular flexibility index (Phi) is 4.38. The third-order valence-electron chi connectivity index (χ3n) is 2.46. The van der Waals surface area contributed by atoms with Crippen LogP contribution in [0.15, 0.2) is 5.18 Å². The average Bonchev–Trinajstić information content (AvgIpc) is 2.18. The van der Waals surface area contributed by atoms with Gasteiger partial charge in [-0.1, -0.05) is 18.5 Å². The SMILES string of the molecule is CCCCN1C(=O)CSC(N=O)C1C. The molecule has 0 aromatic heterocycles. The fourth-order valence-corrected chi connectivity index (χ4v) is 2.50. The zero-order chi connectivity index (χ0) is 10.6. The number of thioether (sulfide) groups is 1. The molecule has 4 nitrogen and oxygen atoms in total. The molecule has 1 rings (SSSR count). The number of hydrogen-bond acceptors (Lipinski definition) is 4. The monoisotopic (exact) mass is 216 g/mol. The largest absolute Gasteiger partial charge is 0.336 e. The van der Waals surface area contributed by atoms with Gasteiger partial charge < -0.3 is 4.90 Å². The van der Waals surface area contributed by atoms with Gasteiger partial charge in [0, 0.05) is 6.54 Å². The van der Waals surface area contributed by atoms with Crippen molar-refractivity contribution in [1.29, 1.82) is 0 Å². The number of nitrogens with zero attached hydrogens (tertiary/aromatic N) is 2. The first-order chi connectivity index (χ1) is 6.70. The molecule has 1 heterocycles. The lowest BCUT2D eigenvalue weighted by Crippen LogP contribution is -2.48. The van der Waals surface area contributed by atoms with E-state index in [2.05, 4.69) is 12.1 Å². The van der Waals surface area contributed by atoms with Crippen LogP contribution in [0.3, 0.4) is 0 Å². The van der Waals surface area contributed by atoms with Gasteiger partial charge in [-0.05, 0) is 13.3 Å². The summed E-state index contributed by atoms with van der Waals surface area (Å²) < 4.78 is 0. The van der Waals surface area contributed by atoms with Crippen molar-refractivity contribution < 1.29 is 4.79 Å². The van der Waals surface area contributed by atoms with Gasteiger partial charge in [0.2, 0.25) is 5.91 Å². The van der Waals surface area contributed by atoms with E-state index in [1.54, 1.807) is 4.90 Å². The summed E-state index contributed by atoms with van der Waals surface area (Å²) in [6.45, 7) is 4.73. The maximum absolute atomic E-state index is 11.5. The molecule has 0 spiro atoms. The maximum atomic E-state index is 11.5. The van der Waals surface area contributed by atoms with Gasteiger partial charge in [-0.25, -0.2) is 0 Å². The van der Waals surface area contributed by atoms with E-state index in [4.69, 9.17) is 0 Å². The maximum Gasteiger partial charge on any atom is 0.232 e. The van der Waals surface area contributed by atoms with Crippen molar-refractivity contribution in [2.24, 2.45) is 5.18 Å². The number of rotatable bonds is 4. The number of hydrogen-bond donors (Lipinski definition) is 0. The summed E-state index contributed by atoms with van der Waals surface area (Å²) in [7, 11) is 0. The molecule has 1 fully saturated rings. The first kappa shape index (κ1) is 11.5. The molecule has 1 aliphatic rings. The third-order valence-corrected chi connectivity index (χ3v) is 3.69. The van der Waals surface area contributed by atoms with Crippen molar-refractivity contribution in [2.75, 3.05) is 12.3 Å². The number of unbranched alkanes of at least 4 members (excludes halogenated alkanes) is 1. The van der Waals surface area contributed by atoms with Gasteiger partial charge >= 0.3 is 0 Å². The zero-order valence-electron chi connectivity index (χ0n) is 8.60. The Balaban J connectivity index is 2.58. The number of nitroso groups, excluding NO2 is 1. The van der Waals surface area contributed by atoms with Crippen LogP contribution in [0.2, 0.25) is 0 Å². The van der Waals surface area contributed by atoms with Crippen LogP contribution in [-0.2, 0) is 4.79 Å². The Morgan fingerprint density at radius 2 is 2.36 bits per heavy atom. The van der Waals surface area contributed by atoms with Crippen LogP contribution in [-0.4, -0.2) is 34.5 Å². The Morgan fingerprint density at radius 3 is 2.93 bits per heavy atom. The van der Waals surface area contributed by atoms with Crippen molar-refractivity contribution >= 4 is 17.7 Å². The lowest BCUT2D eigenvalue weighted by atomic mass is 10.2. The second-order valence-electron chi connectivity index (χ2n) is 3.49. The predicted molar refractivity (Wildman–Crippen MR) is 58.1 cm³/mol. The molecule has 1 amide bonds. The average molecular weight is 216 g/mol. The standard InChI is InChI=1S/C9H16N2O2S/c1-3-4-5-11-7(2)9(10-13)14-6-8(11)12/h7,9H,3-6H2,1-2H3. The van der Waals surface area contributed by atoms with Gasteiger partial charge in [-0.15, -0.1) is 16.7 Å². The summed E-state index contributed by atoms with van der Waals surface area (Å²) in [4.78, 5) is 23.8. The summed E-state index contributed by atoms with van der Waals surface area (Å²) in [5, 5.41) is 2.75. The first-order valence-electron chi connectivity index (χ1n) is 4.94. The van der Waals surface area contributed by atoms with Gasteiger partial charge in [0.05, 0.1) is 11.8 Å². The molecule has 2 unspecified atom stereocenters. The van der Waals surface area contributed by atoms with Crippen LogP contribution >= 0.6 is 11.8 Å². The fourth-order valence-electron chi connectivity index (χ4n) is 1.54. The smallest absolute Gasteiger partial charge is 0.232 e. The highest BCUT2D eigenvalue weighted by atomic mass is 32.2. The summed E-state index contributed by atoms with van der Waals surface area (Å²) in [5.41, 5.74) is 0. The van der Waals surface area contributed by atoms with E-state index in [9.17, 15) is 9.70 Å². The first-order valence-corrected chi connectivity index (χ1v) is 5.99. The van der Waals surface area contributed by atoms with E-state index < -0.39 is 0 Å². The normalized spacial score (nSPS) is 27.9. The topological polar surface area (TPSA) is 49.7 Å². The molecule has 0 aromatic rings. The van der Waals surface area contributed by atoms with Crippen LogP contribution in [0.4, 0.5) is 0 Å². The Hall–Kier alpha value is -0.580. The van der Waals surface area contributed by atoms with Crippen molar-refractivity contribution in [3.63, 3.8) is 0 Å². The molecule has 0 radical (unpaired) electrons. The van der Waals surface area contributed by atoms with Gasteiger partial charge in [-0.2, -0.15) is 0 Å². The van der Waals surface area contributed by atoms with Crippen LogP contribution < -0.4 is 0 Å². The van der Waals surface area contributed by atoms with E-state index in [0.717, 1.165) is 19.4 Å².